The molecule has 0 spiro atoms. The summed E-state index contributed by atoms with van der Waals surface area (Å²) in [7, 11) is 0. The van der Waals surface area contributed by atoms with Crippen molar-refractivity contribution in [3.8, 4) is 17.0 Å². The molecule has 0 aliphatic carbocycles. The van der Waals surface area contributed by atoms with Gasteiger partial charge in [0.05, 0.1) is 16.9 Å². The van der Waals surface area contributed by atoms with Gasteiger partial charge in [-0.3, -0.25) is 4.79 Å². The first-order valence-corrected chi connectivity index (χ1v) is 9.03. The molecule has 0 aliphatic rings. The fourth-order valence-corrected chi connectivity index (χ4v) is 2.96. The highest BCUT2D eigenvalue weighted by Gasteiger charge is 2.13. The summed E-state index contributed by atoms with van der Waals surface area (Å²) in [6.07, 6.45) is 0. The first kappa shape index (κ1) is 19.4. The largest absolute Gasteiger partial charge is 0.483 e. The summed E-state index contributed by atoms with van der Waals surface area (Å²) < 4.78 is 46.1. The van der Waals surface area contributed by atoms with Gasteiger partial charge in [0.15, 0.2) is 6.61 Å². The Bertz CT molecular complexity index is 1230. The molecule has 4 aromatic rings. The number of carbonyl (C=O) groups is 1. The lowest BCUT2D eigenvalue weighted by Crippen LogP contribution is -2.21. The molecule has 0 unspecified atom stereocenters. The lowest BCUT2D eigenvalue weighted by molar-refractivity contribution is -0.118. The number of amides is 1. The van der Waals surface area contributed by atoms with Gasteiger partial charge in [-0.1, -0.05) is 30.3 Å². The number of hydrogen-bond donors (Lipinski definition) is 1. The van der Waals surface area contributed by atoms with Crippen LogP contribution < -0.4 is 10.1 Å². The van der Waals surface area contributed by atoms with Crippen molar-refractivity contribution in [2.75, 3.05) is 11.9 Å². The van der Waals surface area contributed by atoms with E-state index < -0.39 is 30.0 Å². The van der Waals surface area contributed by atoms with E-state index in [1.54, 1.807) is 6.07 Å². The van der Waals surface area contributed by atoms with Gasteiger partial charge < -0.3 is 10.1 Å². The third-order valence-electron chi connectivity index (χ3n) is 4.37. The number of ether oxygens (including phenoxy) is 1. The van der Waals surface area contributed by atoms with Crippen molar-refractivity contribution in [1.82, 2.24) is 4.98 Å². The van der Waals surface area contributed by atoms with Gasteiger partial charge in [0.2, 0.25) is 0 Å². The molecular formula is C23H15F3N2O2. The molecule has 3 aromatic carbocycles. The average Bonchev–Trinajstić information content (AvgIpc) is 2.74. The molecule has 1 aromatic heterocycles. The zero-order valence-electron chi connectivity index (χ0n) is 15.5. The molecule has 0 radical (unpaired) electrons. The van der Waals surface area contributed by atoms with Crippen LogP contribution in [0.25, 0.3) is 22.2 Å². The lowest BCUT2D eigenvalue weighted by Gasteiger charge is -2.12. The van der Waals surface area contributed by atoms with E-state index in [1.807, 2.05) is 30.3 Å². The van der Waals surface area contributed by atoms with Crippen molar-refractivity contribution in [2.45, 2.75) is 0 Å². The number of anilines is 1. The first-order chi connectivity index (χ1) is 14.5. The molecule has 4 rings (SSSR count). The quantitative estimate of drug-likeness (QED) is 0.485. The minimum Gasteiger partial charge on any atom is -0.483 e. The van der Waals surface area contributed by atoms with Crippen molar-refractivity contribution in [3.05, 3.63) is 90.2 Å². The van der Waals surface area contributed by atoms with E-state index in [0.717, 1.165) is 17.7 Å². The predicted molar refractivity (Wildman–Crippen MR) is 108 cm³/mol. The second-order valence-corrected chi connectivity index (χ2v) is 6.49. The maximum atomic E-state index is 13.8. The molecule has 0 saturated carbocycles. The van der Waals surface area contributed by atoms with Gasteiger partial charge in [-0.2, -0.15) is 0 Å². The van der Waals surface area contributed by atoms with Crippen LogP contribution in [0.5, 0.6) is 5.75 Å². The highest BCUT2D eigenvalue weighted by molar-refractivity contribution is 5.93. The molecule has 1 N–H and O–H groups in total. The maximum absolute atomic E-state index is 13.8. The summed E-state index contributed by atoms with van der Waals surface area (Å²) in [5, 5.41) is 2.72. The van der Waals surface area contributed by atoms with E-state index in [9.17, 15) is 18.0 Å². The van der Waals surface area contributed by atoms with Crippen LogP contribution in [0.1, 0.15) is 0 Å². The van der Waals surface area contributed by atoms with E-state index in [1.165, 1.54) is 18.2 Å². The normalized spacial score (nSPS) is 10.8. The molecule has 0 fully saturated rings. The first-order valence-electron chi connectivity index (χ1n) is 9.03. The van der Waals surface area contributed by atoms with Gasteiger partial charge in [-0.05, 0) is 30.3 Å². The molecule has 0 saturated heterocycles. The number of nitrogens with one attached hydrogen (secondary N) is 1. The Balaban J connectivity index is 1.60. The minimum absolute atomic E-state index is 0.166. The molecule has 30 heavy (non-hydrogen) atoms. The third kappa shape index (κ3) is 4.25. The number of aromatic nitrogens is 1. The standard InChI is InChI=1S/C23H15F3N2O2/c24-15-6-8-19-17(10-15)22(12-21(27-19)14-4-2-1-3-5-14)30-13-23(29)28-20-9-7-16(25)11-18(20)26/h1-12H,13H2,(H,28,29). The van der Waals surface area contributed by atoms with E-state index in [-0.39, 0.29) is 11.4 Å². The van der Waals surface area contributed by atoms with Gasteiger partial charge in [0, 0.05) is 23.1 Å². The van der Waals surface area contributed by atoms with Crippen LogP contribution in [0.2, 0.25) is 0 Å². The van der Waals surface area contributed by atoms with Gasteiger partial charge in [0.1, 0.15) is 23.2 Å². The summed E-state index contributed by atoms with van der Waals surface area (Å²) >= 11 is 0. The molecule has 150 valence electrons. The molecule has 0 atom stereocenters. The van der Waals surface area contributed by atoms with E-state index >= 15 is 0 Å². The van der Waals surface area contributed by atoms with Gasteiger partial charge >= 0.3 is 0 Å². The zero-order chi connectivity index (χ0) is 21.1. The zero-order valence-corrected chi connectivity index (χ0v) is 15.5. The van der Waals surface area contributed by atoms with Crippen LogP contribution in [-0.4, -0.2) is 17.5 Å². The Morgan fingerprint density at radius 2 is 1.63 bits per heavy atom. The molecule has 0 aliphatic heterocycles. The summed E-state index contributed by atoms with van der Waals surface area (Å²) in [6.45, 7) is -0.458. The topological polar surface area (TPSA) is 51.2 Å². The van der Waals surface area contributed by atoms with E-state index in [0.29, 0.717) is 22.7 Å². The van der Waals surface area contributed by atoms with Crippen molar-refractivity contribution in [2.24, 2.45) is 0 Å². The minimum atomic E-state index is -0.897. The second-order valence-electron chi connectivity index (χ2n) is 6.49. The smallest absolute Gasteiger partial charge is 0.262 e. The average molecular weight is 408 g/mol. The van der Waals surface area contributed by atoms with Crippen LogP contribution in [0, 0.1) is 17.5 Å². The lowest BCUT2D eigenvalue weighted by atomic mass is 10.1. The molecular weight excluding hydrogens is 393 g/mol. The van der Waals surface area contributed by atoms with Crippen LogP contribution in [0.15, 0.2) is 72.8 Å². The highest BCUT2D eigenvalue weighted by atomic mass is 19.1. The highest BCUT2D eigenvalue weighted by Crippen LogP contribution is 2.30. The Morgan fingerprint density at radius 3 is 2.40 bits per heavy atom. The molecule has 1 amide bonds. The predicted octanol–water partition coefficient (Wildman–Crippen LogP) is 5.34. The Labute approximate surface area is 169 Å². The van der Waals surface area contributed by atoms with Crippen molar-refractivity contribution in [3.63, 3.8) is 0 Å². The number of halogens is 3. The summed E-state index contributed by atoms with van der Waals surface area (Å²) in [4.78, 5) is 16.7. The van der Waals surface area contributed by atoms with Crippen molar-refractivity contribution < 1.29 is 22.7 Å². The molecule has 0 bridgehead atoms. The Hall–Kier alpha value is -3.87. The fraction of sp³-hybridized carbons (Fsp3) is 0.0435. The van der Waals surface area contributed by atoms with Crippen molar-refractivity contribution >= 4 is 22.5 Å². The van der Waals surface area contributed by atoms with Crippen LogP contribution in [0.3, 0.4) is 0 Å². The van der Waals surface area contributed by atoms with Crippen LogP contribution in [0.4, 0.5) is 18.9 Å². The van der Waals surface area contributed by atoms with Crippen LogP contribution in [-0.2, 0) is 4.79 Å². The summed E-state index contributed by atoms with van der Waals surface area (Å²) in [5.74, 6) is -2.51. The third-order valence-corrected chi connectivity index (χ3v) is 4.37. The Morgan fingerprint density at radius 1 is 0.900 bits per heavy atom. The van der Waals surface area contributed by atoms with Crippen molar-refractivity contribution in [1.29, 1.82) is 0 Å². The Kier molecular flexibility index (Phi) is 5.34. The second kappa shape index (κ2) is 8.24. The molecule has 1 heterocycles. The fourth-order valence-electron chi connectivity index (χ4n) is 2.96. The number of carbonyl (C=O) groups excluding carboxylic acids is 1. The number of fused-ring (bicyclic) bond motifs is 1. The number of rotatable bonds is 5. The SMILES string of the molecule is O=C(COc1cc(-c2ccccc2)nc2ccc(F)cc12)Nc1ccc(F)cc1F. The van der Waals surface area contributed by atoms with Crippen LogP contribution >= 0.6 is 0 Å². The van der Waals surface area contributed by atoms with Gasteiger partial charge in [-0.25, -0.2) is 18.2 Å². The maximum Gasteiger partial charge on any atom is 0.262 e. The molecule has 7 heteroatoms. The molecule has 4 nitrogen and oxygen atoms in total. The van der Waals surface area contributed by atoms with E-state index in [2.05, 4.69) is 10.3 Å². The van der Waals surface area contributed by atoms with Gasteiger partial charge in [-0.15, -0.1) is 0 Å². The van der Waals surface area contributed by atoms with Gasteiger partial charge in [0.25, 0.3) is 5.91 Å². The number of pyridine rings is 1. The number of hydrogen-bond acceptors (Lipinski definition) is 3. The number of nitrogens with zero attached hydrogens (tertiary/aromatic N) is 1. The summed E-state index contributed by atoms with van der Waals surface area (Å²) in [5.41, 5.74) is 1.75. The van der Waals surface area contributed by atoms with E-state index in [4.69, 9.17) is 4.74 Å². The number of benzene rings is 3. The summed E-state index contributed by atoms with van der Waals surface area (Å²) in [6, 6.07) is 17.8. The monoisotopic (exact) mass is 408 g/mol.